The van der Waals surface area contributed by atoms with Crippen LogP contribution < -0.4 is 5.32 Å². The number of hydrogen-bond acceptors (Lipinski definition) is 4. The molecule has 1 aromatic carbocycles. The second-order valence-electron chi connectivity index (χ2n) is 4.35. The van der Waals surface area contributed by atoms with Crippen LogP contribution in [-0.4, -0.2) is 24.8 Å². The first-order chi connectivity index (χ1) is 9.72. The van der Waals surface area contributed by atoms with Crippen molar-refractivity contribution in [3.63, 3.8) is 0 Å². The van der Waals surface area contributed by atoms with E-state index in [4.69, 9.17) is 11.6 Å². The van der Waals surface area contributed by atoms with Crippen molar-refractivity contribution in [1.82, 2.24) is 24.8 Å². The van der Waals surface area contributed by atoms with Gasteiger partial charge in [0.1, 0.15) is 5.69 Å². The first kappa shape index (κ1) is 12.7. The van der Waals surface area contributed by atoms with Crippen LogP contribution >= 0.6 is 11.6 Å². The van der Waals surface area contributed by atoms with E-state index in [0.29, 0.717) is 11.6 Å². The second-order valence-corrected chi connectivity index (χ2v) is 4.79. The molecule has 20 heavy (non-hydrogen) atoms. The van der Waals surface area contributed by atoms with Gasteiger partial charge in [0, 0.05) is 30.7 Å². The Morgan fingerprint density at radius 1 is 1.35 bits per heavy atom. The lowest BCUT2D eigenvalue weighted by Gasteiger charge is -2.11. The number of nitrogens with one attached hydrogen (secondary N) is 1. The Bertz CT molecular complexity index is 703. The minimum atomic E-state index is 0.572. The highest BCUT2D eigenvalue weighted by Crippen LogP contribution is 2.24. The summed E-state index contributed by atoms with van der Waals surface area (Å²) in [4.78, 5) is 0. The topological polar surface area (TPSA) is 60.6 Å². The highest BCUT2D eigenvalue weighted by atomic mass is 35.5. The van der Waals surface area contributed by atoms with Gasteiger partial charge >= 0.3 is 0 Å². The molecule has 0 unspecified atom stereocenters. The highest BCUT2D eigenvalue weighted by molar-refractivity contribution is 6.31. The number of rotatable bonds is 4. The molecular weight excluding hydrogens is 276 g/mol. The van der Waals surface area contributed by atoms with Crippen LogP contribution in [0.5, 0.6) is 0 Å². The summed E-state index contributed by atoms with van der Waals surface area (Å²) in [5.74, 6) is 0. The van der Waals surface area contributed by atoms with Crippen LogP contribution in [0.15, 0.2) is 42.9 Å². The fourth-order valence-corrected chi connectivity index (χ4v) is 2.10. The normalized spacial score (nSPS) is 10.7. The molecule has 0 bridgehead atoms. The Morgan fingerprint density at radius 2 is 2.25 bits per heavy atom. The van der Waals surface area contributed by atoms with Gasteiger partial charge in [-0.25, -0.2) is 4.68 Å². The summed E-state index contributed by atoms with van der Waals surface area (Å²) < 4.78 is 3.46. The number of aryl methyl sites for hydroxylation is 1. The molecule has 0 radical (unpaired) electrons. The molecule has 0 aliphatic rings. The zero-order chi connectivity index (χ0) is 13.9. The van der Waals surface area contributed by atoms with Gasteiger partial charge in [0.05, 0.1) is 17.9 Å². The van der Waals surface area contributed by atoms with Gasteiger partial charge in [-0.2, -0.15) is 5.10 Å². The molecule has 7 heteroatoms. The predicted molar refractivity (Wildman–Crippen MR) is 76.9 cm³/mol. The lowest BCUT2D eigenvalue weighted by atomic mass is 10.2. The molecule has 6 nitrogen and oxygen atoms in total. The Hall–Kier alpha value is -2.34. The maximum Gasteiger partial charge on any atom is 0.102 e. The van der Waals surface area contributed by atoms with E-state index in [9.17, 15) is 0 Å². The molecule has 0 spiro atoms. The van der Waals surface area contributed by atoms with Crippen molar-refractivity contribution in [2.24, 2.45) is 7.05 Å². The Morgan fingerprint density at radius 3 is 2.95 bits per heavy atom. The van der Waals surface area contributed by atoms with Crippen molar-refractivity contribution in [2.75, 3.05) is 5.32 Å². The lowest BCUT2D eigenvalue weighted by molar-refractivity contribution is 0.713. The van der Waals surface area contributed by atoms with Crippen LogP contribution in [0.2, 0.25) is 5.02 Å². The Balaban J connectivity index is 1.86. The van der Waals surface area contributed by atoms with E-state index in [1.165, 1.54) is 0 Å². The summed E-state index contributed by atoms with van der Waals surface area (Å²) in [6.07, 6.45) is 5.49. The lowest BCUT2D eigenvalue weighted by Crippen LogP contribution is -2.05. The molecular formula is C13H13ClN6. The highest BCUT2D eigenvalue weighted by Gasteiger charge is 2.07. The quantitative estimate of drug-likeness (QED) is 0.800. The molecule has 2 aromatic heterocycles. The molecule has 0 aliphatic carbocycles. The van der Waals surface area contributed by atoms with Crippen LogP contribution in [0.1, 0.15) is 5.69 Å². The van der Waals surface area contributed by atoms with Crippen molar-refractivity contribution in [3.05, 3.63) is 53.6 Å². The van der Waals surface area contributed by atoms with E-state index >= 15 is 0 Å². The van der Waals surface area contributed by atoms with E-state index in [-0.39, 0.29) is 0 Å². The largest absolute Gasteiger partial charge is 0.377 e. The van der Waals surface area contributed by atoms with Crippen molar-refractivity contribution < 1.29 is 0 Å². The third-order valence-corrected chi connectivity index (χ3v) is 3.05. The van der Waals surface area contributed by atoms with E-state index < -0.39 is 0 Å². The third kappa shape index (κ3) is 2.65. The number of nitrogens with zero attached hydrogens (tertiary/aromatic N) is 5. The van der Waals surface area contributed by atoms with Crippen LogP contribution in [0, 0.1) is 0 Å². The minimum Gasteiger partial charge on any atom is -0.377 e. The molecule has 1 N–H and O–H groups in total. The third-order valence-electron chi connectivity index (χ3n) is 2.82. The second kappa shape index (κ2) is 5.34. The molecule has 102 valence electrons. The molecule has 0 saturated heterocycles. The van der Waals surface area contributed by atoms with Gasteiger partial charge in [-0.1, -0.05) is 16.8 Å². The molecule has 2 heterocycles. The molecule has 0 aliphatic heterocycles. The minimum absolute atomic E-state index is 0.572. The van der Waals surface area contributed by atoms with E-state index in [1.54, 1.807) is 15.6 Å². The summed E-state index contributed by atoms with van der Waals surface area (Å²) in [6.45, 7) is 0.572. The van der Waals surface area contributed by atoms with Crippen molar-refractivity contribution in [3.8, 4) is 5.69 Å². The fraction of sp³-hybridized carbons (Fsp3) is 0.154. The van der Waals surface area contributed by atoms with Crippen molar-refractivity contribution >= 4 is 17.3 Å². The smallest absolute Gasteiger partial charge is 0.102 e. The molecule has 0 amide bonds. The van der Waals surface area contributed by atoms with Gasteiger partial charge in [-0.15, -0.1) is 5.10 Å². The van der Waals surface area contributed by atoms with Crippen molar-refractivity contribution in [2.45, 2.75) is 6.54 Å². The van der Waals surface area contributed by atoms with Crippen molar-refractivity contribution in [1.29, 1.82) is 0 Å². The van der Waals surface area contributed by atoms with Gasteiger partial charge in [-0.05, 0) is 24.3 Å². The molecule has 3 aromatic rings. The number of anilines is 1. The number of hydrogen-bond donors (Lipinski definition) is 1. The monoisotopic (exact) mass is 288 g/mol. The average Bonchev–Trinajstić information content (AvgIpc) is 3.08. The van der Waals surface area contributed by atoms with Crippen LogP contribution in [0.25, 0.3) is 5.69 Å². The van der Waals surface area contributed by atoms with E-state index in [0.717, 1.165) is 17.1 Å². The molecule has 0 atom stereocenters. The Labute approximate surface area is 121 Å². The number of halogens is 1. The maximum atomic E-state index is 6.06. The van der Waals surface area contributed by atoms with Crippen LogP contribution in [-0.2, 0) is 13.6 Å². The zero-order valence-corrected chi connectivity index (χ0v) is 11.6. The predicted octanol–water partition coefficient (Wildman–Crippen LogP) is 2.27. The molecule has 0 saturated carbocycles. The summed E-state index contributed by atoms with van der Waals surface area (Å²) >= 11 is 6.06. The molecule has 0 fully saturated rings. The van der Waals surface area contributed by atoms with Gasteiger partial charge in [0.25, 0.3) is 0 Å². The first-order valence-corrected chi connectivity index (χ1v) is 6.49. The summed E-state index contributed by atoms with van der Waals surface area (Å²) in [5, 5.41) is 16.2. The standard InChI is InChI=1S/C13H13ClN6/c1-19-9-11(17-18-19)8-15-12-7-10(14)3-4-13(12)20-6-2-5-16-20/h2-7,9,15H,8H2,1H3. The molecule has 3 rings (SSSR count). The van der Waals surface area contributed by atoms with Gasteiger partial charge in [-0.3, -0.25) is 4.68 Å². The number of benzene rings is 1. The summed E-state index contributed by atoms with van der Waals surface area (Å²) in [7, 11) is 1.84. The van der Waals surface area contributed by atoms with Gasteiger partial charge < -0.3 is 5.32 Å². The summed E-state index contributed by atoms with van der Waals surface area (Å²) in [5.41, 5.74) is 2.69. The zero-order valence-electron chi connectivity index (χ0n) is 10.9. The van der Waals surface area contributed by atoms with Crippen LogP contribution in [0.3, 0.4) is 0 Å². The van der Waals surface area contributed by atoms with E-state index in [2.05, 4.69) is 20.7 Å². The van der Waals surface area contributed by atoms with E-state index in [1.807, 2.05) is 43.7 Å². The van der Waals surface area contributed by atoms with Gasteiger partial charge in [0.15, 0.2) is 0 Å². The maximum absolute atomic E-state index is 6.06. The van der Waals surface area contributed by atoms with Gasteiger partial charge in [0.2, 0.25) is 0 Å². The Kier molecular flexibility index (Phi) is 3.39. The fourth-order valence-electron chi connectivity index (χ4n) is 1.92. The SMILES string of the molecule is Cn1cc(CNc2cc(Cl)ccc2-n2cccn2)nn1. The number of aromatic nitrogens is 5. The summed E-state index contributed by atoms with van der Waals surface area (Å²) in [6, 6.07) is 7.51. The first-order valence-electron chi connectivity index (χ1n) is 6.11. The van der Waals surface area contributed by atoms with Crippen LogP contribution in [0.4, 0.5) is 5.69 Å². The average molecular weight is 289 g/mol.